The molecule has 0 saturated heterocycles. The van der Waals surface area contributed by atoms with E-state index in [0.29, 0.717) is 0 Å². The van der Waals surface area contributed by atoms with Crippen LogP contribution in [0.1, 0.15) is 59.8 Å². The molecule has 0 heterocycles. The van der Waals surface area contributed by atoms with E-state index in [0.717, 1.165) is 0 Å². The second-order valence-corrected chi connectivity index (χ2v) is 4.40. The van der Waals surface area contributed by atoms with E-state index in [9.17, 15) is 0 Å². The van der Waals surface area contributed by atoms with Gasteiger partial charge in [-0.05, 0) is 40.0 Å². The van der Waals surface area contributed by atoms with Gasteiger partial charge in [0.15, 0.2) is 0 Å². The van der Waals surface area contributed by atoms with E-state index in [-0.39, 0.29) is 0 Å². The molecule has 0 atom stereocenters. The Morgan fingerprint density at radius 1 is 1.07 bits per heavy atom. The third-order valence-corrected chi connectivity index (χ3v) is 2.33. The molecular formula is C15H26. The van der Waals surface area contributed by atoms with Gasteiger partial charge in [-0.15, -0.1) is 0 Å². The van der Waals surface area contributed by atoms with Crippen LogP contribution in [0, 0.1) is 0 Å². The lowest BCUT2D eigenvalue weighted by molar-refractivity contribution is 0.814. The minimum atomic E-state index is 1.17. The first kappa shape index (κ1) is 14.2. The van der Waals surface area contributed by atoms with Gasteiger partial charge in [-0.3, -0.25) is 0 Å². The van der Waals surface area contributed by atoms with Crippen molar-refractivity contribution in [3.63, 3.8) is 0 Å². The van der Waals surface area contributed by atoms with Crippen LogP contribution in [0.5, 0.6) is 0 Å². The van der Waals surface area contributed by atoms with Gasteiger partial charge in [0.25, 0.3) is 0 Å². The predicted octanol–water partition coefficient (Wildman–Crippen LogP) is 5.43. The largest absolute Gasteiger partial charge is 0.0856 e. The summed E-state index contributed by atoms with van der Waals surface area (Å²) in [6.07, 6.45) is 15.2. The molecule has 0 unspecified atom stereocenters. The molecule has 0 nitrogen and oxygen atoms in total. The van der Waals surface area contributed by atoms with Crippen LogP contribution in [-0.2, 0) is 0 Å². The summed E-state index contributed by atoms with van der Waals surface area (Å²) in [5.41, 5.74) is 2.89. The maximum atomic E-state index is 2.30. The molecule has 0 aliphatic heterocycles. The van der Waals surface area contributed by atoms with Crippen LogP contribution < -0.4 is 0 Å². The highest BCUT2D eigenvalue weighted by Crippen LogP contribution is 2.07. The molecule has 0 N–H and O–H groups in total. The van der Waals surface area contributed by atoms with Crippen LogP contribution in [0.25, 0.3) is 0 Å². The molecule has 0 rings (SSSR count). The highest BCUT2D eigenvalue weighted by Gasteiger charge is 1.86. The standard InChI is InChI=1S/C15H26/c1-5-6-7-8-9-12-15(4)13-10-11-14(2)3/h8-9,11-12H,5-7,10,13H2,1-4H3/b9-8+,15-12+. The van der Waals surface area contributed by atoms with E-state index in [1.807, 2.05) is 0 Å². The second-order valence-electron chi connectivity index (χ2n) is 4.40. The van der Waals surface area contributed by atoms with Gasteiger partial charge in [0.1, 0.15) is 0 Å². The SMILES string of the molecule is CCCC/C=C/C=C(\C)CCC=C(C)C. The fourth-order valence-electron chi connectivity index (χ4n) is 1.32. The maximum Gasteiger partial charge on any atom is -0.0285 e. The number of hydrogen-bond acceptors (Lipinski definition) is 0. The van der Waals surface area contributed by atoms with Crippen molar-refractivity contribution in [2.75, 3.05) is 0 Å². The van der Waals surface area contributed by atoms with E-state index in [1.54, 1.807) is 0 Å². The van der Waals surface area contributed by atoms with Crippen LogP contribution in [0.3, 0.4) is 0 Å². The summed E-state index contributed by atoms with van der Waals surface area (Å²) in [7, 11) is 0. The van der Waals surface area contributed by atoms with Gasteiger partial charge in [0.05, 0.1) is 0 Å². The monoisotopic (exact) mass is 206 g/mol. The van der Waals surface area contributed by atoms with Gasteiger partial charge in [-0.2, -0.15) is 0 Å². The van der Waals surface area contributed by atoms with E-state index < -0.39 is 0 Å². The third kappa shape index (κ3) is 11.1. The zero-order valence-electron chi connectivity index (χ0n) is 10.8. The molecule has 0 aromatic heterocycles. The summed E-state index contributed by atoms with van der Waals surface area (Å²) in [5, 5.41) is 0. The van der Waals surface area contributed by atoms with Crippen molar-refractivity contribution >= 4 is 0 Å². The Bertz CT molecular complexity index is 224. The van der Waals surface area contributed by atoms with Crippen molar-refractivity contribution in [3.05, 3.63) is 35.5 Å². The van der Waals surface area contributed by atoms with E-state index >= 15 is 0 Å². The number of allylic oxidation sites excluding steroid dienone is 6. The summed E-state index contributed by atoms with van der Waals surface area (Å²) >= 11 is 0. The average molecular weight is 206 g/mol. The number of unbranched alkanes of at least 4 members (excludes halogenated alkanes) is 2. The first-order chi connectivity index (χ1) is 7.16. The van der Waals surface area contributed by atoms with Crippen molar-refractivity contribution < 1.29 is 0 Å². The van der Waals surface area contributed by atoms with E-state index in [4.69, 9.17) is 0 Å². The molecule has 0 amide bonds. The first-order valence-corrected chi connectivity index (χ1v) is 6.12. The Morgan fingerprint density at radius 2 is 1.80 bits per heavy atom. The fourth-order valence-corrected chi connectivity index (χ4v) is 1.32. The van der Waals surface area contributed by atoms with Crippen LogP contribution in [-0.4, -0.2) is 0 Å². The van der Waals surface area contributed by atoms with Crippen molar-refractivity contribution in [3.8, 4) is 0 Å². The number of rotatable bonds is 7. The van der Waals surface area contributed by atoms with Crippen LogP contribution in [0.4, 0.5) is 0 Å². The molecule has 15 heavy (non-hydrogen) atoms. The van der Waals surface area contributed by atoms with Gasteiger partial charge < -0.3 is 0 Å². The molecule has 0 bridgehead atoms. The molecule has 0 fully saturated rings. The quantitative estimate of drug-likeness (QED) is 0.296. The van der Waals surface area contributed by atoms with Crippen LogP contribution >= 0.6 is 0 Å². The molecule has 0 saturated carbocycles. The zero-order chi connectivity index (χ0) is 11.5. The molecule has 0 aromatic rings. The molecule has 86 valence electrons. The summed E-state index contributed by atoms with van der Waals surface area (Å²) in [6, 6.07) is 0. The molecular weight excluding hydrogens is 180 g/mol. The predicted molar refractivity (Wildman–Crippen MR) is 71.1 cm³/mol. The van der Waals surface area contributed by atoms with Crippen molar-refractivity contribution in [2.24, 2.45) is 0 Å². The lowest BCUT2D eigenvalue weighted by Crippen LogP contribution is -1.76. The van der Waals surface area contributed by atoms with Gasteiger partial charge in [-0.25, -0.2) is 0 Å². The Balaban J connectivity index is 3.69. The zero-order valence-corrected chi connectivity index (χ0v) is 10.8. The lowest BCUT2D eigenvalue weighted by atomic mass is 10.1. The Hall–Kier alpha value is -0.780. The Morgan fingerprint density at radius 3 is 2.40 bits per heavy atom. The minimum absolute atomic E-state index is 1.17. The molecule has 0 heteroatoms. The molecule has 0 spiro atoms. The van der Waals surface area contributed by atoms with Gasteiger partial charge in [-0.1, -0.05) is 55.2 Å². The third-order valence-electron chi connectivity index (χ3n) is 2.33. The minimum Gasteiger partial charge on any atom is -0.0856 e. The Labute approximate surface area is 95.8 Å². The highest BCUT2D eigenvalue weighted by molar-refractivity contribution is 5.11. The first-order valence-electron chi connectivity index (χ1n) is 6.12. The molecule has 0 aromatic carbocycles. The molecule has 0 aliphatic carbocycles. The van der Waals surface area contributed by atoms with E-state index in [1.165, 1.54) is 43.3 Å². The smallest absolute Gasteiger partial charge is 0.0285 e. The van der Waals surface area contributed by atoms with Crippen LogP contribution in [0.2, 0.25) is 0 Å². The number of hydrogen-bond donors (Lipinski definition) is 0. The van der Waals surface area contributed by atoms with E-state index in [2.05, 4.69) is 52.0 Å². The fraction of sp³-hybridized carbons (Fsp3) is 0.600. The van der Waals surface area contributed by atoms with Crippen LogP contribution in [0.15, 0.2) is 35.5 Å². The maximum absolute atomic E-state index is 2.30. The molecule has 0 aliphatic rings. The highest BCUT2D eigenvalue weighted by atomic mass is 13.9. The Kier molecular flexibility index (Phi) is 9.26. The topological polar surface area (TPSA) is 0 Å². The average Bonchev–Trinajstić information content (AvgIpc) is 2.17. The van der Waals surface area contributed by atoms with Crippen molar-refractivity contribution in [1.82, 2.24) is 0 Å². The molecule has 0 radical (unpaired) electrons. The summed E-state index contributed by atoms with van der Waals surface area (Å²) in [6.45, 7) is 8.75. The van der Waals surface area contributed by atoms with Gasteiger partial charge >= 0.3 is 0 Å². The van der Waals surface area contributed by atoms with Gasteiger partial charge in [0.2, 0.25) is 0 Å². The lowest BCUT2D eigenvalue weighted by Gasteiger charge is -1.96. The summed E-state index contributed by atoms with van der Waals surface area (Å²) < 4.78 is 0. The summed E-state index contributed by atoms with van der Waals surface area (Å²) in [5.74, 6) is 0. The second kappa shape index (κ2) is 9.76. The van der Waals surface area contributed by atoms with Crippen molar-refractivity contribution in [2.45, 2.75) is 59.8 Å². The summed E-state index contributed by atoms with van der Waals surface area (Å²) in [4.78, 5) is 0. The van der Waals surface area contributed by atoms with Gasteiger partial charge in [0, 0.05) is 0 Å². The normalized spacial score (nSPS) is 12.1. The van der Waals surface area contributed by atoms with Crippen molar-refractivity contribution in [1.29, 1.82) is 0 Å².